The number of rotatable bonds is 8. The van der Waals surface area contributed by atoms with Crippen LogP contribution in [0.3, 0.4) is 0 Å². The second kappa shape index (κ2) is 8.74. The Morgan fingerprint density at radius 1 is 0.893 bits per heavy atom. The summed E-state index contributed by atoms with van der Waals surface area (Å²) in [5, 5.41) is 0. The maximum atomic E-state index is 16.3. The highest BCUT2D eigenvalue weighted by Crippen LogP contribution is 2.45. The second-order valence-corrected chi connectivity index (χ2v) is 9.76. The fraction of sp³-hybridized carbons (Fsp3) is 0.478. The molecule has 0 aliphatic heterocycles. The molecule has 2 aromatic heterocycles. The number of unbranched alkanes of at least 4 members (excludes halogenated alkanes) is 2. The van der Waals surface area contributed by atoms with Crippen LogP contribution in [-0.2, 0) is 5.67 Å². The van der Waals surface area contributed by atoms with E-state index in [0.29, 0.717) is 27.0 Å². The van der Waals surface area contributed by atoms with E-state index in [9.17, 15) is 0 Å². The maximum absolute atomic E-state index is 16.3. The topological polar surface area (TPSA) is 25.8 Å². The molecular weight excluding hydrogens is 483 g/mol. The predicted molar refractivity (Wildman–Crippen MR) is 118 cm³/mol. The van der Waals surface area contributed by atoms with Gasteiger partial charge in [0.05, 0.1) is 11.4 Å². The Hall–Kier alpha value is -1.07. The van der Waals surface area contributed by atoms with Gasteiger partial charge in [-0.25, -0.2) is 14.4 Å². The van der Waals surface area contributed by atoms with E-state index in [2.05, 4.69) is 54.0 Å². The zero-order chi connectivity index (χ0) is 19.6. The van der Waals surface area contributed by atoms with Crippen molar-refractivity contribution in [2.75, 3.05) is 0 Å². The van der Waals surface area contributed by atoms with Gasteiger partial charge in [0.1, 0.15) is 9.21 Å². The van der Waals surface area contributed by atoms with Crippen LogP contribution in [0.2, 0.25) is 0 Å². The zero-order valence-electron chi connectivity index (χ0n) is 15.8. The summed E-state index contributed by atoms with van der Waals surface area (Å²) in [6.07, 6.45) is 12.3. The van der Waals surface area contributed by atoms with Crippen molar-refractivity contribution in [2.45, 2.75) is 50.6 Å². The first-order chi connectivity index (χ1) is 13.5. The van der Waals surface area contributed by atoms with Crippen molar-refractivity contribution in [3.8, 4) is 0 Å². The number of hydrogen-bond donors (Lipinski definition) is 0. The molecule has 148 valence electrons. The highest BCUT2D eigenvalue weighted by molar-refractivity contribution is 9.10. The Kier molecular flexibility index (Phi) is 6.31. The molecule has 0 saturated heterocycles. The van der Waals surface area contributed by atoms with Crippen molar-refractivity contribution in [1.82, 2.24) is 9.97 Å². The molecule has 1 saturated carbocycles. The van der Waals surface area contributed by atoms with Gasteiger partial charge in [0.25, 0.3) is 0 Å². The van der Waals surface area contributed by atoms with Crippen molar-refractivity contribution >= 4 is 31.9 Å². The minimum Gasteiger partial charge on any atom is -0.242 e. The summed E-state index contributed by atoms with van der Waals surface area (Å²) in [6.45, 7) is 0. The quantitative estimate of drug-likeness (QED) is 0.211. The third kappa shape index (κ3) is 4.40. The number of aromatic nitrogens is 2. The van der Waals surface area contributed by atoms with E-state index >= 15 is 4.39 Å². The lowest BCUT2D eigenvalue weighted by Crippen LogP contribution is -2.25. The second-order valence-electron chi connectivity index (χ2n) is 8.13. The Labute approximate surface area is 183 Å². The fourth-order valence-corrected chi connectivity index (χ4v) is 5.51. The monoisotopic (exact) mass is 506 g/mol. The molecular formula is C23H25Br2FN2. The van der Waals surface area contributed by atoms with Gasteiger partial charge in [-0.2, -0.15) is 0 Å². The highest BCUT2D eigenvalue weighted by Gasteiger charge is 2.37. The molecule has 4 rings (SSSR count). The Bertz CT molecular complexity index is 809. The molecule has 28 heavy (non-hydrogen) atoms. The van der Waals surface area contributed by atoms with Crippen LogP contribution in [0, 0.1) is 17.8 Å². The van der Waals surface area contributed by atoms with Gasteiger partial charge >= 0.3 is 0 Å². The molecule has 0 radical (unpaired) electrons. The van der Waals surface area contributed by atoms with E-state index in [1.54, 1.807) is 12.1 Å². The Balaban J connectivity index is 1.40. The summed E-state index contributed by atoms with van der Waals surface area (Å²) in [5.74, 6) is 2.49. The van der Waals surface area contributed by atoms with Crippen LogP contribution in [-0.4, -0.2) is 9.97 Å². The summed E-state index contributed by atoms with van der Waals surface area (Å²) in [4.78, 5) is 8.84. The molecule has 3 unspecified atom stereocenters. The lowest BCUT2D eigenvalue weighted by molar-refractivity contribution is 0.185. The summed E-state index contributed by atoms with van der Waals surface area (Å²) in [5.41, 5.74) is -0.834. The average molecular weight is 508 g/mol. The van der Waals surface area contributed by atoms with Gasteiger partial charge in [0.15, 0.2) is 5.67 Å². The van der Waals surface area contributed by atoms with E-state index in [4.69, 9.17) is 0 Å². The largest absolute Gasteiger partial charge is 0.242 e. The van der Waals surface area contributed by atoms with Gasteiger partial charge in [-0.1, -0.05) is 37.1 Å². The molecule has 2 aliphatic rings. The number of halogens is 3. The van der Waals surface area contributed by atoms with Crippen molar-refractivity contribution < 1.29 is 4.39 Å². The molecule has 0 amide bonds. The minimum atomic E-state index is -1.68. The summed E-state index contributed by atoms with van der Waals surface area (Å²) < 4.78 is 17.6. The van der Waals surface area contributed by atoms with Crippen LogP contribution < -0.4 is 0 Å². The molecule has 5 heteroatoms. The third-order valence-corrected chi connectivity index (χ3v) is 7.14. The van der Waals surface area contributed by atoms with Crippen LogP contribution in [0.5, 0.6) is 0 Å². The lowest BCUT2D eigenvalue weighted by Gasteiger charge is -2.25. The first-order valence-electron chi connectivity index (χ1n) is 10.2. The van der Waals surface area contributed by atoms with E-state index < -0.39 is 5.67 Å². The van der Waals surface area contributed by atoms with Crippen molar-refractivity contribution in [2.24, 2.45) is 17.8 Å². The summed E-state index contributed by atoms with van der Waals surface area (Å²) >= 11 is 6.75. The fourth-order valence-electron chi connectivity index (χ4n) is 4.82. The first kappa shape index (κ1) is 20.2. The van der Waals surface area contributed by atoms with Gasteiger partial charge in [0, 0.05) is 0 Å². The SMILES string of the molecule is FC(CCCCCC1CC2C=CC1C2)(c1cccc(Br)n1)c1cccc(Br)n1. The predicted octanol–water partition coefficient (Wildman–Crippen LogP) is 7.38. The first-order valence-corrected chi connectivity index (χ1v) is 11.8. The average Bonchev–Trinajstić information content (AvgIpc) is 3.31. The van der Waals surface area contributed by atoms with E-state index in [1.807, 2.05) is 24.3 Å². The molecule has 1 fully saturated rings. The summed E-state index contributed by atoms with van der Waals surface area (Å²) in [7, 11) is 0. The molecule has 0 spiro atoms. The normalized spacial score (nSPS) is 23.5. The Morgan fingerprint density at radius 2 is 1.57 bits per heavy atom. The number of fused-ring (bicyclic) bond motifs is 2. The minimum absolute atomic E-state index is 0.399. The molecule has 2 aliphatic carbocycles. The molecule has 3 atom stereocenters. The van der Waals surface area contributed by atoms with Crippen LogP contribution in [0.4, 0.5) is 4.39 Å². The van der Waals surface area contributed by atoms with Crippen LogP contribution in [0.15, 0.2) is 57.8 Å². The van der Waals surface area contributed by atoms with Gasteiger partial charge in [-0.05, 0) is 106 Å². The van der Waals surface area contributed by atoms with Crippen molar-refractivity contribution in [3.63, 3.8) is 0 Å². The van der Waals surface area contributed by atoms with E-state index in [1.165, 1.54) is 25.7 Å². The Morgan fingerprint density at radius 3 is 2.11 bits per heavy atom. The number of alkyl halides is 1. The molecule has 2 aromatic rings. The molecule has 0 aromatic carbocycles. The number of nitrogens with zero attached hydrogens (tertiary/aromatic N) is 2. The van der Waals surface area contributed by atoms with E-state index in [-0.39, 0.29) is 0 Å². The van der Waals surface area contributed by atoms with Crippen LogP contribution >= 0.6 is 31.9 Å². The van der Waals surface area contributed by atoms with Gasteiger partial charge in [-0.15, -0.1) is 0 Å². The third-order valence-electron chi connectivity index (χ3n) is 6.25. The zero-order valence-corrected chi connectivity index (χ0v) is 19.0. The lowest BCUT2D eigenvalue weighted by atomic mass is 9.87. The van der Waals surface area contributed by atoms with Crippen molar-refractivity contribution in [3.05, 3.63) is 69.1 Å². The molecule has 2 nitrogen and oxygen atoms in total. The summed E-state index contributed by atoms with van der Waals surface area (Å²) in [6, 6.07) is 10.8. The molecule has 0 N–H and O–H groups in total. The highest BCUT2D eigenvalue weighted by atomic mass is 79.9. The van der Waals surface area contributed by atoms with Gasteiger partial charge in [-0.3, -0.25) is 0 Å². The van der Waals surface area contributed by atoms with Crippen LogP contribution in [0.25, 0.3) is 0 Å². The van der Waals surface area contributed by atoms with Gasteiger partial charge in [0.2, 0.25) is 0 Å². The number of hydrogen-bond acceptors (Lipinski definition) is 2. The van der Waals surface area contributed by atoms with Crippen LogP contribution in [0.1, 0.15) is 56.3 Å². The molecule has 2 bridgehead atoms. The number of allylic oxidation sites excluding steroid dienone is 2. The maximum Gasteiger partial charge on any atom is 0.194 e. The van der Waals surface area contributed by atoms with Gasteiger partial charge < -0.3 is 0 Å². The number of pyridine rings is 2. The van der Waals surface area contributed by atoms with E-state index in [0.717, 1.165) is 30.6 Å². The smallest absolute Gasteiger partial charge is 0.194 e. The molecule has 2 heterocycles. The van der Waals surface area contributed by atoms with Crippen molar-refractivity contribution in [1.29, 1.82) is 0 Å². The standard InChI is InChI=1S/C23H25Br2FN2/c24-21-9-4-7-19(27-21)23(26,20-8-5-10-22(25)28-20)13-3-1-2-6-17-14-16-11-12-18(17)15-16/h4-5,7-12,16-18H,1-3,6,13-15H2.